The molecule has 0 unspecified atom stereocenters. The smallest absolute Gasteiger partial charge is 0.289 e. The van der Waals surface area contributed by atoms with Crippen LogP contribution in [-0.2, 0) is 0 Å². The number of hydrogen-bond acceptors (Lipinski definition) is 3. The zero-order valence-corrected chi connectivity index (χ0v) is 16.8. The molecule has 0 spiro atoms. The highest BCUT2D eigenvalue weighted by Gasteiger charge is 2.28. The van der Waals surface area contributed by atoms with Crippen LogP contribution in [0.1, 0.15) is 42.7 Å². The van der Waals surface area contributed by atoms with E-state index >= 15 is 0 Å². The van der Waals surface area contributed by atoms with E-state index < -0.39 is 0 Å². The van der Waals surface area contributed by atoms with E-state index in [2.05, 4.69) is 4.90 Å². The second-order valence-electron chi connectivity index (χ2n) is 7.41. The molecule has 0 atom stereocenters. The maximum atomic E-state index is 12.8. The molecule has 0 bridgehead atoms. The molecule has 2 fully saturated rings. The zero-order valence-electron chi connectivity index (χ0n) is 15.3. The molecule has 1 saturated heterocycles. The molecule has 27 heavy (non-hydrogen) atoms. The summed E-state index contributed by atoms with van der Waals surface area (Å²) in [6.45, 7) is 3.42. The highest BCUT2D eigenvalue weighted by Crippen LogP contribution is 2.32. The molecule has 144 valence electrons. The summed E-state index contributed by atoms with van der Waals surface area (Å²) < 4.78 is 5.82. The van der Waals surface area contributed by atoms with E-state index in [9.17, 15) is 4.79 Å². The van der Waals surface area contributed by atoms with E-state index in [4.69, 9.17) is 27.6 Å². The quantitative estimate of drug-likeness (QED) is 0.689. The third-order valence-corrected chi connectivity index (χ3v) is 6.25. The Kier molecular flexibility index (Phi) is 5.76. The minimum Gasteiger partial charge on any atom is -0.451 e. The molecule has 0 radical (unpaired) electrons. The van der Waals surface area contributed by atoms with Crippen LogP contribution >= 0.6 is 23.2 Å². The topological polar surface area (TPSA) is 36.7 Å². The van der Waals surface area contributed by atoms with Crippen LogP contribution in [0, 0.1) is 0 Å². The van der Waals surface area contributed by atoms with E-state index in [0.717, 1.165) is 31.7 Å². The molecular formula is C21H24Cl2N2O2. The highest BCUT2D eigenvalue weighted by atomic mass is 35.5. The molecule has 1 aromatic heterocycles. The lowest BCUT2D eigenvalue weighted by molar-refractivity contribution is 0.0498. The standard InChI is InChI=1S/C21H24Cl2N2O2/c22-15-6-7-17(18(23)14-15)19-8-9-20(27-19)21(26)25-12-10-24(11-13-25)16-4-2-1-3-5-16/h6-9,14,16H,1-5,10-13H2. The maximum Gasteiger partial charge on any atom is 0.289 e. The Morgan fingerprint density at radius 3 is 2.41 bits per heavy atom. The lowest BCUT2D eigenvalue weighted by Crippen LogP contribution is -2.52. The van der Waals surface area contributed by atoms with Gasteiger partial charge >= 0.3 is 0 Å². The van der Waals surface area contributed by atoms with Crippen LogP contribution in [0.15, 0.2) is 34.7 Å². The van der Waals surface area contributed by atoms with Gasteiger partial charge < -0.3 is 9.32 Å². The van der Waals surface area contributed by atoms with Gasteiger partial charge in [-0.1, -0.05) is 42.5 Å². The fourth-order valence-corrected chi connectivity index (χ4v) is 4.68. The van der Waals surface area contributed by atoms with Crippen molar-refractivity contribution in [3.8, 4) is 11.3 Å². The first-order valence-corrected chi connectivity index (χ1v) is 10.5. The minimum atomic E-state index is -0.0466. The molecule has 4 rings (SSSR count). The molecule has 4 nitrogen and oxygen atoms in total. The Morgan fingerprint density at radius 1 is 0.963 bits per heavy atom. The summed E-state index contributed by atoms with van der Waals surface area (Å²) in [5, 5.41) is 1.08. The molecular weight excluding hydrogens is 383 g/mol. The molecule has 6 heteroatoms. The molecule has 2 aliphatic rings. The van der Waals surface area contributed by atoms with Crippen LogP contribution in [0.4, 0.5) is 0 Å². The Labute approximate surface area is 170 Å². The van der Waals surface area contributed by atoms with E-state index in [1.165, 1.54) is 32.1 Å². The predicted octanol–water partition coefficient (Wildman–Crippen LogP) is 5.34. The van der Waals surface area contributed by atoms with Crippen molar-refractivity contribution in [2.75, 3.05) is 26.2 Å². The van der Waals surface area contributed by atoms with Crippen molar-refractivity contribution in [2.24, 2.45) is 0 Å². The normalized spacial score (nSPS) is 19.4. The first-order valence-electron chi connectivity index (χ1n) is 9.70. The number of piperazine rings is 1. The van der Waals surface area contributed by atoms with Gasteiger partial charge in [0.1, 0.15) is 5.76 Å². The Bertz CT molecular complexity index is 806. The molecule has 2 heterocycles. The van der Waals surface area contributed by atoms with Crippen molar-refractivity contribution in [1.82, 2.24) is 9.80 Å². The van der Waals surface area contributed by atoms with Gasteiger partial charge in [0.25, 0.3) is 5.91 Å². The van der Waals surface area contributed by atoms with E-state index in [1.807, 2.05) is 4.90 Å². The second-order valence-corrected chi connectivity index (χ2v) is 8.25. The number of halogens is 2. The SMILES string of the molecule is O=C(c1ccc(-c2ccc(Cl)cc2Cl)o1)N1CCN(C2CCCCC2)CC1. The van der Waals surface area contributed by atoms with Crippen LogP contribution in [-0.4, -0.2) is 47.9 Å². The second kappa shape index (κ2) is 8.26. The van der Waals surface area contributed by atoms with E-state index in [0.29, 0.717) is 27.6 Å². The number of furan rings is 1. The molecule has 1 saturated carbocycles. The molecule has 0 N–H and O–H groups in total. The molecule has 1 aromatic carbocycles. The number of carbonyl (C=O) groups is 1. The van der Waals surface area contributed by atoms with Crippen molar-refractivity contribution in [3.63, 3.8) is 0 Å². The number of hydrogen-bond donors (Lipinski definition) is 0. The first kappa shape index (κ1) is 18.9. The monoisotopic (exact) mass is 406 g/mol. The minimum absolute atomic E-state index is 0.0466. The Morgan fingerprint density at radius 2 is 1.70 bits per heavy atom. The van der Waals surface area contributed by atoms with Gasteiger partial charge in [0.15, 0.2) is 5.76 Å². The van der Waals surface area contributed by atoms with Crippen LogP contribution in [0.3, 0.4) is 0 Å². The van der Waals surface area contributed by atoms with Crippen molar-refractivity contribution in [2.45, 2.75) is 38.1 Å². The maximum absolute atomic E-state index is 12.8. The number of benzene rings is 1. The lowest BCUT2D eigenvalue weighted by Gasteiger charge is -2.40. The van der Waals surface area contributed by atoms with Gasteiger partial charge in [-0.2, -0.15) is 0 Å². The fourth-order valence-electron chi connectivity index (χ4n) is 4.18. The lowest BCUT2D eigenvalue weighted by atomic mass is 9.94. The summed E-state index contributed by atoms with van der Waals surface area (Å²) in [5.41, 5.74) is 0.738. The van der Waals surface area contributed by atoms with Crippen LogP contribution in [0.5, 0.6) is 0 Å². The Balaban J connectivity index is 1.40. The van der Waals surface area contributed by atoms with Crippen molar-refractivity contribution < 1.29 is 9.21 Å². The summed E-state index contributed by atoms with van der Waals surface area (Å²) in [7, 11) is 0. The third-order valence-electron chi connectivity index (χ3n) is 5.71. The number of amides is 1. The average molecular weight is 407 g/mol. The highest BCUT2D eigenvalue weighted by molar-refractivity contribution is 6.36. The molecule has 2 aromatic rings. The number of rotatable bonds is 3. The van der Waals surface area contributed by atoms with Gasteiger partial charge in [-0.25, -0.2) is 0 Å². The van der Waals surface area contributed by atoms with Gasteiger partial charge in [0.2, 0.25) is 0 Å². The Hall–Kier alpha value is -1.49. The van der Waals surface area contributed by atoms with Crippen LogP contribution in [0.25, 0.3) is 11.3 Å². The van der Waals surface area contributed by atoms with Crippen molar-refractivity contribution in [3.05, 3.63) is 46.1 Å². The van der Waals surface area contributed by atoms with E-state index in [1.54, 1.807) is 30.3 Å². The average Bonchev–Trinajstić information content (AvgIpc) is 3.18. The van der Waals surface area contributed by atoms with E-state index in [-0.39, 0.29) is 5.91 Å². The van der Waals surface area contributed by atoms with Gasteiger partial charge in [-0.3, -0.25) is 9.69 Å². The predicted molar refractivity (Wildman–Crippen MR) is 109 cm³/mol. The molecule has 1 aliphatic heterocycles. The van der Waals surface area contributed by atoms with Crippen LogP contribution in [0.2, 0.25) is 10.0 Å². The van der Waals surface area contributed by atoms with Crippen LogP contribution < -0.4 is 0 Å². The van der Waals surface area contributed by atoms with Crippen molar-refractivity contribution >= 4 is 29.1 Å². The third kappa shape index (κ3) is 4.18. The number of nitrogens with zero attached hydrogens (tertiary/aromatic N) is 2. The van der Waals surface area contributed by atoms with Gasteiger partial charge in [0, 0.05) is 42.8 Å². The van der Waals surface area contributed by atoms with Gasteiger partial charge in [-0.05, 0) is 43.2 Å². The molecule has 1 amide bonds. The summed E-state index contributed by atoms with van der Waals surface area (Å²) in [6.07, 6.45) is 6.65. The van der Waals surface area contributed by atoms with Crippen molar-refractivity contribution in [1.29, 1.82) is 0 Å². The van der Waals surface area contributed by atoms with Gasteiger partial charge in [-0.15, -0.1) is 0 Å². The number of carbonyl (C=O) groups excluding carboxylic acids is 1. The molecule has 1 aliphatic carbocycles. The fraction of sp³-hybridized carbons (Fsp3) is 0.476. The summed E-state index contributed by atoms with van der Waals surface area (Å²) in [6, 6.07) is 9.47. The largest absolute Gasteiger partial charge is 0.451 e. The summed E-state index contributed by atoms with van der Waals surface area (Å²) in [4.78, 5) is 17.3. The summed E-state index contributed by atoms with van der Waals surface area (Å²) >= 11 is 12.2. The van der Waals surface area contributed by atoms with Gasteiger partial charge in [0.05, 0.1) is 5.02 Å². The zero-order chi connectivity index (χ0) is 18.8. The summed E-state index contributed by atoms with van der Waals surface area (Å²) in [5.74, 6) is 0.901. The first-order chi connectivity index (χ1) is 13.1.